The normalized spacial score (nSPS) is 10.9. The van der Waals surface area contributed by atoms with Crippen LogP contribution in [0.5, 0.6) is 0 Å². The van der Waals surface area contributed by atoms with Gasteiger partial charge in [-0.05, 0) is 12.8 Å². The van der Waals surface area contributed by atoms with Crippen LogP contribution in [0.2, 0.25) is 0 Å². The van der Waals surface area contributed by atoms with E-state index in [0.29, 0.717) is 0 Å². The molecule has 4 radical (unpaired) electrons. The second kappa shape index (κ2) is 12.1. The molecule has 0 bridgehead atoms. The van der Waals surface area contributed by atoms with E-state index in [1.54, 1.807) is 0 Å². The maximum atomic E-state index is 10.5. The topological polar surface area (TPSA) is 37.3 Å². The van der Waals surface area contributed by atoms with Gasteiger partial charge in [-0.1, -0.05) is 33.1 Å². The number of unbranched alkanes of at least 4 members (excludes halogenated alkanes) is 2. The van der Waals surface area contributed by atoms with E-state index < -0.39 is 5.97 Å². The first kappa shape index (κ1) is 18.8. The van der Waals surface area contributed by atoms with Crippen molar-refractivity contribution in [2.24, 2.45) is 5.92 Å². The summed E-state index contributed by atoms with van der Waals surface area (Å²) in [6, 6.07) is 0. The molecule has 0 aliphatic rings. The molecule has 0 aromatic heterocycles. The van der Waals surface area contributed by atoms with Crippen LogP contribution < -0.4 is 0 Å². The molecule has 0 saturated carbocycles. The summed E-state index contributed by atoms with van der Waals surface area (Å²) in [4.78, 5) is 10.5. The molecule has 0 saturated heterocycles. The monoisotopic (exact) mass is 276 g/mol. The van der Waals surface area contributed by atoms with Crippen molar-refractivity contribution in [2.45, 2.75) is 46.0 Å². The molecule has 1 atom stereocenters. The van der Waals surface area contributed by atoms with Gasteiger partial charge in [0.25, 0.3) is 0 Å². The zero-order chi connectivity index (χ0) is 8.69. The van der Waals surface area contributed by atoms with Crippen molar-refractivity contribution >= 4 is 5.97 Å². The van der Waals surface area contributed by atoms with E-state index in [9.17, 15) is 4.79 Å². The van der Waals surface area contributed by atoms with Gasteiger partial charge in [-0.25, -0.2) is 0 Å². The second-order valence-electron chi connectivity index (χ2n) is 2.94. The van der Waals surface area contributed by atoms with E-state index in [1.807, 2.05) is 6.92 Å². The van der Waals surface area contributed by atoms with Gasteiger partial charge in [-0.3, -0.25) is 4.79 Å². The van der Waals surface area contributed by atoms with Crippen LogP contribution in [-0.4, -0.2) is 11.1 Å². The maximum Gasteiger partial charge on any atom is 0.306 e. The number of carbonyl (C=O) groups is 1. The number of carboxylic acids is 1. The summed E-state index contributed by atoms with van der Waals surface area (Å²) in [5.74, 6) is -0.745. The van der Waals surface area contributed by atoms with E-state index in [2.05, 4.69) is 6.92 Å². The Morgan fingerprint density at radius 1 is 1.31 bits per heavy atom. The summed E-state index contributed by atoms with van der Waals surface area (Å²) in [5.41, 5.74) is 0. The Morgan fingerprint density at radius 2 is 1.85 bits per heavy atom. The third-order valence-corrected chi connectivity index (χ3v) is 2.00. The summed E-state index contributed by atoms with van der Waals surface area (Å²) < 4.78 is 0. The largest absolute Gasteiger partial charge is 0.481 e. The van der Waals surface area contributed by atoms with Crippen molar-refractivity contribution in [2.75, 3.05) is 0 Å². The zero-order valence-corrected chi connectivity index (χ0v) is 9.84. The quantitative estimate of drug-likeness (QED) is 0.598. The standard InChI is InChI=1S/C9H18O2.C.Pd/c1-3-5-6-7-8(4-2)9(10)11;;/h8H,3-7H2,1-2H3,(H,10,11);;/t8-;;/m0../s1. The maximum absolute atomic E-state index is 10.5. The summed E-state index contributed by atoms with van der Waals surface area (Å²) in [6.07, 6.45) is 4.99. The second-order valence-corrected chi connectivity index (χ2v) is 2.94. The fourth-order valence-corrected chi connectivity index (χ4v) is 1.14. The predicted octanol–water partition coefficient (Wildman–Crippen LogP) is 2.76. The van der Waals surface area contributed by atoms with Crippen molar-refractivity contribution in [1.29, 1.82) is 0 Å². The van der Waals surface area contributed by atoms with Crippen molar-refractivity contribution in [1.82, 2.24) is 0 Å². The molecule has 3 heteroatoms. The molecule has 0 fully saturated rings. The molecule has 0 amide bonds. The van der Waals surface area contributed by atoms with Gasteiger partial charge in [0, 0.05) is 27.8 Å². The van der Waals surface area contributed by atoms with Gasteiger partial charge >= 0.3 is 5.97 Å². The van der Waals surface area contributed by atoms with Crippen molar-refractivity contribution in [3.63, 3.8) is 0 Å². The average molecular weight is 277 g/mol. The summed E-state index contributed by atoms with van der Waals surface area (Å²) in [7, 11) is 0. The minimum atomic E-state index is -0.636. The van der Waals surface area contributed by atoms with E-state index in [0.717, 1.165) is 32.1 Å². The average Bonchev–Trinajstić information content (AvgIpc) is 1.97. The Bertz CT molecular complexity index is 115. The first-order valence-corrected chi connectivity index (χ1v) is 4.45. The van der Waals surface area contributed by atoms with E-state index in [-0.39, 0.29) is 33.8 Å². The molecule has 80 valence electrons. The molecular formula is C10H18O2Pd. The fourth-order valence-electron chi connectivity index (χ4n) is 1.14. The van der Waals surface area contributed by atoms with Crippen molar-refractivity contribution < 1.29 is 30.3 Å². The van der Waals surface area contributed by atoms with Gasteiger partial charge in [0.1, 0.15) is 0 Å². The third-order valence-electron chi connectivity index (χ3n) is 2.00. The van der Waals surface area contributed by atoms with Crippen LogP contribution in [0.25, 0.3) is 0 Å². The number of carboxylic acid groups (broad SMARTS) is 1. The van der Waals surface area contributed by atoms with Gasteiger partial charge in [0.15, 0.2) is 0 Å². The van der Waals surface area contributed by atoms with Crippen LogP contribution >= 0.6 is 0 Å². The molecule has 0 aromatic rings. The minimum Gasteiger partial charge on any atom is -0.481 e. The van der Waals surface area contributed by atoms with Gasteiger partial charge in [-0.2, -0.15) is 0 Å². The van der Waals surface area contributed by atoms with Gasteiger partial charge in [0.05, 0.1) is 5.92 Å². The first-order valence-electron chi connectivity index (χ1n) is 4.45. The number of aliphatic carboxylic acids is 1. The molecule has 13 heavy (non-hydrogen) atoms. The Balaban J connectivity index is -0.000000500. The van der Waals surface area contributed by atoms with Crippen LogP contribution in [0.4, 0.5) is 0 Å². The molecule has 0 aliphatic heterocycles. The van der Waals surface area contributed by atoms with E-state index >= 15 is 0 Å². The Morgan fingerprint density at radius 3 is 2.15 bits per heavy atom. The van der Waals surface area contributed by atoms with Crippen molar-refractivity contribution in [3.8, 4) is 0 Å². The summed E-state index contributed by atoms with van der Waals surface area (Å²) >= 11 is 0. The van der Waals surface area contributed by atoms with Crippen LogP contribution in [0.1, 0.15) is 46.0 Å². The smallest absolute Gasteiger partial charge is 0.306 e. The van der Waals surface area contributed by atoms with Gasteiger partial charge in [0.2, 0.25) is 0 Å². The minimum absolute atomic E-state index is 0. The molecule has 0 spiro atoms. The molecular weight excluding hydrogens is 259 g/mol. The van der Waals surface area contributed by atoms with Gasteiger partial charge < -0.3 is 5.11 Å². The summed E-state index contributed by atoms with van der Waals surface area (Å²) in [5, 5.41) is 8.67. The number of hydrogen-bond donors (Lipinski definition) is 1. The molecule has 0 unspecified atom stereocenters. The predicted molar refractivity (Wildman–Crippen MR) is 48.8 cm³/mol. The fraction of sp³-hybridized carbons (Fsp3) is 0.800. The molecule has 0 aromatic carbocycles. The summed E-state index contributed by atoms with van der Waals surface area (Å²) in [6.45, 7) is 4.06. The van der Waals surface area contributed by atoms with Crippen LogP contribution in [0, 0.1) is 13.3 Å². The van der Waals surface area contributed by atoms with Crippen LogP contribution in [0.3, 0.4) is 0 Å². The Hall–Kier alpha value is 0.132. The number of hydrogen-bond acceptors (Lipinski definition) is 1. The van der Waals surface area contributed by atoms with Crippen LogP contribution in [0.15, 0.2) is 0 Å². The molecule has 0 rings (SSSR count). The molecule has 0 aliphatic carbocycles. The van der Waals surface area contributed by atoms with E-state index in [4.69, 9.17) is 5.11 Å². The van der Waals surface area contributed by atoms with Crippen LogP contribution in [-0.2, 0) is 25.2 Å². The molecule has 1 N–H and O–H groups in total. The molecule has 2 nitrogen and oxygen atoms in total. The zero-order valence-electron chi connectivity index (χ0n) is 8.28. The van der Waals surface area contributed by atoms with Gasteiger partial charge in [-0.15, -0.1) is 0 Å². The van der Waals surface area contributed by atoms with Crippen molar-refractivity contribution in [3.05, 3.63) is 7.43 Å². The third kappa shape index (κ3) is 10.1. The Labute approximate surface area is 95.8 Å². The first-order chi connectivity index (χ1) is 5.22. The Kier molecular flexibility index (Phi) is 17.6. The SMILES string of the molecule is CCCCC[C@H](CC)C(=O)O.[C].[Pd]. The van der Waals surface area contributed by atoms with E-state index in [1.165, 1.54) is 0 Å². The number of rotatable bonds is 6. The molecule has 0 heterocycles.